The van der Waals surface area contributed by atoms with Crippen LogP contribution >= 0.6 is 0 Å². The molecule has 1 amide bonds. The molecule has 1 aliphatic heterocycles. The molecule has 0 saturated heterocycles. The molecular formula is C25H31F3N6O. The molecule has 1 N–H and O–H groups in total. The Bertz CT molecular complexity index is 1200. The predicted octanol–water partition coefficient (Wildman–Crippen LogP) is 4.88. The van der Waals surface area contributed by atoms with Crippen LogP contribution in [0.15, 0.2) is 36.8 Å². The molecule has 35 heavy (non-hydrogen) atoms. The molecule has 1 atom stereocenters. The van der Waals surface area contributed by atoms with Crippen LogP contribution in [0.25, 0.3) is 0 Å². The Hall–Kier alpha value is -3.43. The fraction of sp³-hybridized carbons (Fsp3) is 0.440. The van der Waals surface area contributed by atoms with E-state index in [0.29, 0.717) is 12.8 Å². The lowest BCUT2D eigenvalue weighted by Gasteiger charge is -2.38. The van der Waals surface area contributed by atoms with Crippen molar-refractivity contribution in [3.63, 3.8) is 0 Å². The molecule has 0 fully saturated rings. The molecule has 188 valence electrons. The maximum atomic E-state index is 13.2. The molecule has 0 aromatic carbocycles. The number of fused-ring (bicyclic) bond motifs is 1. The van der Waals surface area contributed by atoms with Gasteiger partial charge in [-0.1, -0.05) is 21.3 Å². The monoisotopic (exact) mass is 488 g/mol. The van der Waals surface area contributed by atoms with Crippen LogP contribution in [0.2, 0.25) is 0 Å². The molecule has 7 nitrogen and oxygen atoms in total. The first-order valence-corrected chi connectivity index (χ1v) is 11.1. The Balaban J connectivity index is 0.00000342. The molecule has 0 spiro atoms. The van der Waals surface area contributed by atoms with Crippen LogP contribution in [-0.2, 0) is 30.4 Å². The molecule has 3 aromatic heterocycles. The summed E-state index contributed by atoms with van der Waals surface area (Å²) in [6.07, 6.45) is 1.54. The summed E-state index contributed by atoms with van der Waals surface area (Å²) in [6.45, 7) is 5.84. The summed E-state index contributed by atoms with van der Waals surface area (Å²) in [5.41, 5.74) is 3.36. The zero-order chi connectivity index (χ0) is 24.6. The number of pyridine rings is 2. The smallest absolute Gasteiger partial charge is 0.361 e. The Morgan fingerprint density at radius 2 is 1.97 bits per heavy atom. The number of nitrogens with zero attached hydrogens (tertiary/aromatic N) is 5. The number of rotatable bonds is 6. The lowest BCUT2D eigenvalue weighted by atomic mass is 9.97. The second kappa shape index (κ2) is 10.1. The van der Waals surface area contributed by atoms with Crippen LogP contribution in [0.4, 0.5) is 24.5 Å². The van der Waals surface area contributed by atoms with Crippen LogP contribution in [-0.4, -0.2) is 38.7 Å². The summed E-state index contributed by atoms with van der Waals surface area (Å²) in [5, 5.41) is 7.21. The van der Waals surface area contributed by atoms with E-state index in [9.17, 15) is 18.0 Å². The van der Waals surface area contributed by atoms with Gasteiger partial charge < -0.3 is 10.2 Å². The summed E-state index contributed by atoms with van der Waals surface area (Å²) in [5.74, 6) is 0.120. The minimum Gasteiger partial charge on any atom is -0.361 e. The van der Waals surface area contributed by atoms with Gasteiger partial charge in [0.2, 0.25) is 5.91 Å². The third-order valence-electron chi connectivity index (χ3n) is 6.04. The van der Waals surface area contributed by atoms with Crippen molar-refractivity contribution < 1.29 is 18.0 Å². The average Bonchev–Trinajstić information content (AvgIpc) is 3.20. The first kappa shape index (κ1) is 26.2. The van der Waals surface area contributed by atoms with E-state index in [1.807, 2.05) is 38.8 Å². The number of alkyl halides is 3. The van der Waals surface area contributed by atoms with E-state index in [0.717, 1.165) is 34.4 Å². The van der Waals surface area contributed by atoms with Crippen LogP contribution in [0.5, 0.6) is 0 Å². The molecule has 1 aliphatic rings. The zero-order valence-corrected chi connectivity index (χ0v) is 19.5. The normalized spacial score (nSPS) is 15.6. The highest BCUT2D eigenvalue weighted by Gasteiger charge is 2.35. The van der Waals surface area contributed by atoms with Gasteiger partial charge in [-0.2, -0.15) is 18.3 Å². The van der Waals surface area contributed by atoms with Gasteiger partial charge in [-0.3, -0.25) is 19.4 Å². The standard InChI is InChI=1S/C24H27F3N6O.CH4/c1-14(2)22-23(34)31-21-15(3)30-17(10-20(21)32(22)4)8-7-16-11-29-33(12-16)13-19-18(24(25,26)27)6-5-9-28-19;/h5-6,9-12,14,22H,7-8,13H2,1-4H3,(H,31,34);1H4/t22-;/m0./s1. The average molecular weight is 489 g/mol. The molecule has 0 unspecified atom stereocenters. The number of carbonyl (C=O) groups excluding carboxylic acids is 1. The molecule has 0 aliphatic carbocycles. The zero-order valence-electron chi connectivity index (χ0n) is 19.5. The largest absolute Gasteiger partial charge is 0.418 e. The van der Waals surface area contributed by atoms with Crippen molar-refractivity contribution in [1.29, 1.82) is 0 Å². The second-order valence-electron chi connectivity index (χ2n) is 8.92. The molecular weight excluding hydrogens is 457 g/mol. The lowest BCUT2D eigenvalue weighted by molar-refractivity contribution is -0.138. The third kappa shape index (κ3) is 5.47. The minimum absolute atomic E-state index is 0. The van der Waals surface area contributed by atoms with E-state index >= 15 is 0 Å². The van der Waals surface area contributed by atoms with Crippen molar-refractivity contribution in [1.82, 2.24) is 19.7 Å². The van der Waals surface area contributed by atoms with Gasteiger partial charge in [-0.25, -0.2) is 0 Å². The van der Waals surface area contributed by atoms with E-state index in [1.165, 1.54) is 16.9 Å². The van der Waals surface area contributed by atoms with Crippen molar-refractivity contribution in [2.45, 2.75) is 59.8 Å². The highest BCUT2D eigenvalue weighted by Crippen LogP contribution is 2.36. The summed E-state index contributed by atoms with van der Waals surface area (Å²) in [7, 11) is 1.92. The number of likely N-dealkylation sites (N-methyl/N-ethyl adjacent to an activating group) is 1. The predicted molar refractivity (Wildman–Crippen MR) is 129 cm³/mol. The molecule has 4 heterocycles. The molecule has 0 bridgehead atoms. The van der Waals surface area contributed by atoms with Crippen molar-refractivity contribution in [3.05, 3.63) is 65.0 Å². The number of aryl methyl sites for hydroxylation is 3. The highest BCUT2D eigenvalue weighted by atomic mass is 19.4. The number of nitrogens with one attached hydrogen (secondary N) is 1. The van der Waals surface area contributed by atoms with Crippen LogP contribution in [0, 0.1) is 12.8 Å². The Labute approximate surface area is 203 Å². The molecule has 3 aromatic rings. The molecule has 4 rings (SSSR count). The number of halogens is 3. The van der Waals surface area contributed by atoms with Crippen molar-refractivity contribution in [2.75, 3.05) is 17.3 Å². The van der Waals surface area contributed by atoms with Crippen molar-refractivity contribution in [2.24, 2.45) is 5.92 Å². The van der Waals surface area contributed by atoms with Crippen molar-refractivity contribution in [3.8, 4) is 0 Å². The first-order valence-electron chi connectivity index (χ1n) is 11.1. The quantitative estimate of drug-likeness (QED) is 0.535. The van der Waals surface area contributed by atoms with E-state index in [4.69, 9.17) is 0 Å². The van der Waals surface area contributed by atoms with Gasteiger partial charge in [-0.05, 0) is 49.4 Å². The fourth-order valence-corrected chi connectivity index (χ4v) is 4.42. The molecule has 0 saturated carbocycles. The number of carbonyl (C=O) groups is 1. The Kier molecular flexibility index (Phi) is 7.52. The van der Waals surface area contributed by atoms with Gasteiger partial charge in [0, 0.05) is 25.1 Å². The van der Waals surface area contributed by atoms with E-state index in [2.05, 4.69) is 20.4 Å². The van der Waals surface area contributed by atoms with Crippen LogP contribution in [0.1, 0.15) is 49.5 Å². The van der Waals surface area contributed by atoms with Gasteiger partial charge in [0.15, 0.2) is 0 Å². The van der Waals surface area contributed by atoms with E-state index < -0.39 is 11.7 Å². The van der Waals surface area contributed by atoms with E-state index in [1.54, 1.807) is 12.4 Å². The summed E-state index contributed by atoms with van der Waals surface area (Å²) in [4.78, 5) is 23.1. The Morgan fingerprint density at radius 1 is 1.23 bits per heavy atom. The highest BCUT2D eigenvalue weighted by molar-refractivity contribution is 6.04. The van der Waals surface area contributed by atoms with Crippen molar-refractivity contribution >= 4 is 17.3 Å². The van der Waals surface area contributed by atoms with Gasteiger partial charge in [0.1, 0.15) is 6.04 Å². The fourth-order valence-electron chi connectivity index (χ4n) is 4.42. The minimum atomic E-state index is -4.46. The first-order chi connectivity index (χ1) is 16.0. The lowest BCUT2D eigenvalue weighted by Crippen LogP contribution is -2.49. The van der Waals surface area contributed by atoms with Gasteiger partial charge in [0.25, 0.3) is 0 Å². The van der Waals surface area contributed by atoms with E-state index in [-0.39, 0.29) is 37.5 Å². The number of amides is 1. The van der Waals surface area contributed by atoms with Gasteiger partial charge in [0.05, 0.1) is 41.1 Å². The molecule has 0 radical (unpaired) electrons. The molecule has 10 heteroatoms. The number of hydrogen-bond donors (Lipinski definition) is 1. The maximum absolute atomic E-state index is 13.2. The van der Waals surface area contributed by atoms with Gasteiger partial charge >= 0.3 is 6.18 Å². The summed E-state index contributed by atoms with van der Waals surface area (Å²) in [6, 6.07) is 4.04. The number of aromatic nitrogens is 4. The topological polar surface area (TPSA) is 75.9 Å². The Morgan fingerprint density at radius 3 is 2.66 bits per heavy atom. The van der Waals surface area contributed by atoms with Crippen LogP contribution < -0.4 is 10.2 Å². The second-order valence-corrected chi connectivity index (χ2v) is 8.92. The maximum Gasteiger partial charge on any atom is 0.418 e. The third-order valence-corrected chi connectivity index (χ3v) is 6.04. The number of anilines is 2. The number of hydrogen-bond acceptors (Lipinski definition) is 5. The SMILES string of the molecule is C.Cc1nc(CCc2cnn(Cc3ncccc3C(F)(F)F)c2)cc2c1NC(=O)[C@H](C(C)C)N2C. The summed E-state index contributed by atoms with van der Waals surface area (Å²) < 4.78 is 41.2. The van der Waals surface area contributed by atoms with Gasteiger partial charge in [-0.15, -0.1) is 0 Å². The van der Waals surface area contributed by atoms with Crippen LogP contribution in [0.3, 0.4) is 0 Å². The summed E-state index contributed by atoms with van der Waals surface area (Å²) >= 11 is 0.